The van der Waals surface area contributed by atoms with Crippen LogP contribution in [0, 0.1) is 11.3 Å². The third-order valence-electron chi connectivity index (χ3n) is 3.69. The van der Waals surface area contributed by atoms with Gasteiger partial charge in [0.2, 0.25) is 5.91 Å². The maximum atomic E-state index is 10.9. The minimum atomic E-state index is -0.264. The lowest BCUT2D eigenvalue weighted by atomic mass is 10.0. The van der Waals surface area contributed by atoms with E-state index >= 15 is 0 Å². The SMILES string of the molecule is N#Cc1ccccc1CNC1CCN(CC(N)=O)CC1. The number of carbonyl (C=O) groups excluding carboxylic acids is 1. The molecule has 1 aliphatic rings. The number of rotatable bonds is 5. The zero-order valence-electron chi connectivity index (χ0n) is 11.5. The Bertz CT molecular complexity index is 501. The minimum absolute atomic E-state index is 0.264. The van der Waals surface area contributed by atoms with Crippen LogP contribution in [0.4, 0.5) is 0 Å². The number of likely N-dealkylation sites (tertiary alicyclic amines) is 1. The number of carbonyl (C=O) groups is 1. The van der Waals surface area contributed by atoms with Gasteiger partial charge in [-0.15, -0.1) is 0 Å². The molecule has 0 bridgehead atoms. The maximum Gasteiger partial charge on any atom is 0.231 e. The first kappa shape index (κ1) is 14.5. The normalized spacial score (nSPS) is 16.8. The van der Waals surface area contributed by atoms with Crippen LogP contribution < -0.4 is 11.1 Å². The number of nitrogens with one attached hydrogen (secondary N) is 1. The second-order valence-corrected chi connectivity index (χ2v) is 5.17. The molecule has 1 aromatic rings. The van der Waals surface area contributed by atoms with Crippen molar-refractivity contribution in [3.63, 3.8) is 0 Å². The molecule has 1 saturated heterocycles. The number of hydrogen-bond acceptors (Lipinski definition) is 4. The van der Waals surface area contributed by atoms with Crippen LogP contribution in [0.1, 0.15) is 24.0 Å². The lowest BCUT2D eigenvalue weighted by Gasteiger charge is -2.31. The van der Waals surface area contributed by atoms with E-state index < -0.39 is 0 Å². The van der Waals surface area contributed by atoms with Crippen molar-refractivity contribution in [2.24, 2.45) is 5.73 Å². The van der Waals surface area contributed by atoms with E-state index in [1.807, 2.05) is 24.3 Å². The van der Waals surface area contributed by atoms with Crippen LogP contribution in [0.2, 0.25) is 0 Å². The van der Waals surface area contributed by atoms with Gasteiger partial charge in [-0.05, 0) is 24.5 Å². The predicted octanol–water partition coefficient (Wildman–Crippen LogP) is 0.598. The molecule has 0 atom stereocenters. The highest BCUT2D eigenvalue weighted by atomic mass is 16.1. The Morgan fingerprint density at radius 1 is 1.40 bits per heavy atom. The van der Waals surface area contributed by atoms with Crippen LogP contribution in [0.3, 0.4) is 0 Å². The second-order valence-electron chi connectivity index (χ2n) is 5.17. The van der Waals surface area contributed by atoms with Crippen LogP contribution in [-0.4, -0.2) is 36.5 Å². The highest BCUT2D eigenvalue weighted by molar-refractivity contribution is 5.75. The van der Waals surface area contributed by atoms with Crippen molar-refractivity contribution in [2.45, 2.75) is 25.4 Å². The third kappa shape index (κ3) is 4.05. The van der Waals surface area contributed by atoms with Crippen molar-refractivity contribution in [3.05, 3.63) is 35.4 Å². The molecule has 0 aliphatic carbocycles. The molecule has 3 N–H and O–H groups in total. The van der Waals surface area contributed by atoms with Gasteiger partial charge in [-0.3, -0.25) is 9.69 Å². The third-order valence-corrected chi connectivity index (χ3v) is 3.69. The Hall–Kier alpha value is -1.90. The Kier molecular flexibility index (Phi) is 5.10. The van der Waals surface area contributed by atoms with E-state index in [-0.39, 0.29) is 5.91 Å². The number of nitrogens with zero attached hydrogens (tertiary/aromatic N) is 2. The van der Waals surface area contributed by atoms with Gasteiger partial charge < -0.3 is 11.1 Å². The van der Waals surface area contributed by atoms with Crippen molar-refractivity contribution in [3.8, 4) is 6.07 Å². The molecule has 1 aliphatic heterocycles. The van der Waals surface area contributed by atoms with E-state index in [0.717, 1.165) is 37.1 Å². The smallest absolute Gasteiger partial charge is 0.231 e. The van der Waals surface area contributed by atoms with Crippen molar-refractivity contribution in [2.75, 3.05) is 19.6 Å². The van der Waals surface area contributed by atoms with Crippen molar-refractivity contribution in [1.29, 1.82) is 5.26 Å². The van der Waals surface area contributed by atoms with Gasteiger partial charge in [0.15, 0.2) is 0 Å². The van der Waals surface area contributed by atoms with E-state index in [9.17, 15) is 4.79 Å². The van der Waals surface area contributed by atoms with Crippen LogP contribution in [0.15, 0.2) is 24.3 Å². The summed E-state index contributed by atoms with van der Waals surface area (Å²) < 4.78 is 0. The van der Waals surface area contributed by atoms with Gasteiger partial charge in [0.1, 0.15) is 0 Å². The molecule has 1 aromatic carbocycles. The summed E-state index contributed by atoms with van der Waals surface area (Å²) in [5.74, 6) is -0.264. The first-order valence-electron chi connectivity index (χ1n) is 6.91. The van der Waals surface area contributed by atoms with E-state index in [0.29, 0.717) is 19.1 Å². The number of piperidine rings is 1. The molecule has 5 heteroatoms. The summed E-state index contributed by atoms with van der Waals surface area (Å²) in [4.78, 5) is 13.0. The van der Waals surface area contributed by atoms with Gasteiger partial charge in [-0.1, -0.05) is 18.2 Å². The summed E-state index contributed by atoms with van der Waals surface area (Å²) in [7, 11) is 0. The largest absolute Gasteiger partial charge is 0.369 e. The fourth-order valence-electron chi connectivity index (χ4n) is 2.55. The zero-order valence-corrected chi connectivity index (χ0v) is 11.5. The average molecular weight is 272 g/mol. The summed E-state index contributed by atoms with van der Waals surface area (Å²) in [6, 6.07) is 10.3. The number of amides is 1. The van der Waals surface area contributed by atoms with E-state index in [1.54, 1.807) is 0 Å². The minimum Gasteiger partial charge on any atom is -0.369 e. The first-order valence-corrected chi connectivity index (χ1v) is 6.91. The van der Waals surface area contributed by atoms with Gasteiger partial charge in [0, 0.05) is 25.7 Å². The van der Waals surface area contributed by atoms with E-state index in [2.05, 4.69) is 16.3 Å². The van der Waals surface area contributed by atoms with Gasteiger partial charge >= 0.3 is 0 Å². The molecular weight excluding hydrogens is 252 g/mol. The standard InChI is InChI=1S/C15H20N4O/c16-9-12-3-1-2-4-13(12)10-18-14-5-7-19(8-6-14)11-15(17)20/h1-4,14,18H,5-8,10-11H2,(H2,17,20). The Labute approximate surface area is 119 Å². The number of hydrogen-bond donors (Lipinski definition) is 2. The van der Waals surface area contributed by atoms with Crippen molar-refractivity contribution < 1.29 is 4.79 Å². The molecule has 0 saturated carbocycles. The second kappa shape index (κ2) is 7.04. The zero-order chi connectivity index (χ0) is 14.4. The molecule has 1 amide bonds. The fourth-order valence-corrected chi connectivity index (χ4v) is 2.55. The molecule has 1 fully saturated rings. The van der Waals surface area contributed by atoms with Gasteiger partial charge in [0.05, 0.1) is 18.2 Å². The van der Waals surface area contributed by atoms with Crippen molar-refractivity contribution >= 4 is 5.91 Å². The summed E-state index contributed by atoms with van der Waals surface area (Å²) in [5, 5.41) is 12.5. The van der Waals surface area contributed by atoms with Crippen LogP contribution in [0.5, 0.6) is 0 Å². The average Bonchev–Trinajstić information content (AvgIpc) is 2.46. The maximum absolute atomic E-state index is 10.9. The van der Waals surface area contributed by atoms with Gasteiger partial charge in [0.25, 0.3) is 0 Å². The number of nitrogens with two attached hydrogens (primary N) is 1. The summed E-state index contributed by atoms with van der Waals surface area (Å²) in [6.45, 7) is 2.84. The topological polar surface area (TPSA) is 82.2 Å². The number of benzene rings is 1. The van der Waals surface area contributed by atoms with E-state index in [4.69, 9.17) is 11.0 Å². The van der Waals surface area contributed by atoms with Crippen LogP contribution in [0.25, 0.3) is 0 Å². The summed E-state index contributed by atoms with van der Waals surface area (Å²) in [5.41, 5.74) is 6.96. The predicted molar refractivity (Wildman–Crippen MR) is 76.7 cm³/mol. The lowest BCUT2D eigenvalue weighted by Crippen LogP contribution is -2.45. The highest BCUT2D eigenvalue weighted by Gasteiger charge is 2.19. The quantitative estimate of drug-likeness (QED) is 0.822. The molecule has 0 radical (unpaired) electrons. The molecule has 0 aromatic heterocycles. The van der Waals surface area contributed by atoms with Crippen LogP contribution >= 0.6 is 0 Å². The number of primary amides is 1. The van der Waals surface area contributed by atoms with Crippen LogP contribution in [-0.2, 0) is 11.3 Å². The Morgan fingerprint density at radius 3 is 2.75 bits per heavy atom. The molecule has 1 heterocycles. The number of nitriles is 1. The molecule has 0 spiro atoms. The first-order chi connectivity index (χ1) is 9.69. The van der Waals surface area contributed by atoms with E-state index in [1.165, 1.54) is 0 Å². The lowest BCUT2D eigenvalue weighted by molar-refractivity contribution is -0.119. The Morgan fingerprint density at radius 2 is 2.10 bits per heavy atom. The summed E-state index contributed by atoms with van der Waals surface area (Å²) in [6.07, 6.45) is 2.00. The van der Waals surface area contributed by atoms with Gasteiger partial charge in [-0.25, -0.2) is 0 Å². The molecule has 106 valence electrons. The molecule has 2 rings (SSSR count). The Balaban J connectivity index is 1.79. The molecular formula is C15H20N4O. The van der Waals surface area contributed by atoms with Crippen molar-refractivity contribution in [1.82, 2.24) is 10.2 Å². The summed E-state index contributed by atoms with van der Waals surface area (Å²) >= 11 is 0. The van der Waals surface area contributed by atoms with Gasteiger partial charge in [-0.2, -0.15) is 5.26 Å². The molecule has 20 heavy (non-hydrogen) atoms. The molecule has 5 nitrogen and oxygen atoms in total. The molecule has 0 unspecified atom stereocenters. The monoisotopic (exact) mass is 272 g/mol. The fraction of sp³-hybridized carbons (Fsp3) is 0.467. The highest BCUT2D eigenvalue weighted by Crippen LogP contribution is 2.12.